The van der Waals surface area contributed by atoms with Crippen LogP contribution in [0.4, 0.5) is 18.9 Å². The van der Waals surface area contributed by atoms with Crippen molar-refractivity contribution in [1.82, 2.24) is 10.3 Å². The summed E-state index contributed by atoms with van der Waals surface area (Å²) in [5.74, 6) is -3.57. The van der Waals surface area contributed by atoms with Crippen LogP contribution in [0, 0.1) is 11.8 Å². The summed E-state index contributed by atoms with van der Waals surface area (Å²) in [6, 6.07) is 15.8. The van der Waals surface area contributed by atoms with Crippen LogP contribution in [0.2, 0.25) is 5.02 Å². The third-order valence-electron chi connectivity index (χ3n) is 4.56. The zero-order valence-corrected chi connectivity index (χ0v) is 15.1. The molecular weight excluding hydrogens is 379 g/mol. The first kappa shape index (κ1) is 19.5. The molecule has 1 saturated heterocycles. The van der Waals surface area contributed by atoms with Crippen molar-refractivity contribution < 1.29 is 18.0 Å². The Bertz CT molecular complexity index is 785. The molecule has 2 atom stereocenters. The number of amides is 1. The van der Waals surface area contributed by atoms with Crippen molar-refractivity contribution in [2.24, 2.45) is 11.8 Å². The first-order valence-corrected chi connectivity index (χ1v) is 8.85. The number of hydrogen-bond donors (Lipinski definition) is 2. The SMILES string of the molecule is O=C(NNc1cccc(Cl)c1)[C@H]1CN(Cc2ccccc2)C[C@@H]1C(F)(F)F. The Balaban J connectivity index is 1.66. The summed E-state index contributed by atoms with van der Waals surface area (Å²) in [7, 11) is 0. The molecule has 1 amide bonds. The number of halogens is 4. The van der Waals surface area contributed by atoms with Gasteiger partial charge < -0.3 is 0 Å². The van der Waals surface area contributed by atoms with Crippen LogP contribution in [0.3, 0.4) is 0 Å². The zero-order chi connectivity index (χ0) is 19.4. The number of carbonyl (C=O) groups is 1. The van der Waals surface area contributed by atoms with Gasteiger partial charge in [0.15, 0.2) is 0 Å². The highest BCUT2D eigenvalue weighted by Crippen LogP contribution is 2.38. The van der Waals surface area contributed by atoms with Crippen molar-refractivity contribution in [3.05, 3.63) is 65.2 Å². The fourth-order valence-corrected chi connectivity index (χ4v) is 3.44. The van der Waals surface area contributed by atoms with Crippen molar-refractivity contribution in [2.45, 2.75) is 12.7 Å². The number of hydrogen-bond acceptors (Lipinski definition) is 3. The molecule has 27 heavy (non-hydrogen) atoms. The Labute approximate surface area is 160 Å². The zero-order valence-electron chi connectivity index (χ0n) is 14.3. The average Bonchev–Trinajstić information content (AvgIpc) is 3.05. The molecule has 1 fully saturated rings. The summed E-state index contributed by atoms with van der Waals surface area (Å²) in [6.45, 7) is 0.217. The number of carbonyl (C=O) groups excluding carboxylic acids is 1. The van der Waals surface area contributed by atoms with E-state index in [0.29, 0.717) is 17.3 Å². The number of rotatable bonds is 5. The van der Waals surface area contributed by atoms with Gasteiger partial charge in [-0.1, -0.05) is 48.0 Å². The van der Waals surface area contributed by atoms with Gasteiger partial charge in [-0.2, -0.15) is 13.2 Å². The van der Waals surface area contributed by atoms with Crippen molar-refractivity contribution in [2.75, 3.05) is 18.5 Å². The van der Waals surface area contributed by atoms with E-state index in [1.807, 2.05) is 30.3 Å². The minimum atomic E-state index is -4.44. The van der Waals surface area contributed by atoms with E-state index in [2.05, 4.69) is 10.9 Å². The number of nitrogens with zero attached hydrogens (tertiary/aromatic N) is 1. The molecular formula is C19H19ClF3N3O. The predicted octanol–water partition coefficient (Wildman–Crippen LogP) is 4.09. The summed E-state index contributed by atoms with van der Waals surface area (Å²) in [5, 5.41) is 0.456. The van der Waals surface area contributed by atoms with Crippen LogP contribution >= 0.6 is 11.6 Å². The van der Waals surface area contributed by atoms with E-state index in [0.717, 1.165) is 5.56 Å². The van der Waals surface area contributed by atoms with Gasteiger partial charge in [-0.25, -0.2) is 0 Å². The Kier molecular flexibility index (Phi) is 5.92. The van der Waals surface area contributed by atoms with Crippen molar-refractivity contribution in [3.63, 3.8) is 0 Å². The van der Waals surface area contributed by atoms with Gasteiger partial charge in [0.25, 0.3) is 0 Å². The van der Waals surface area contributed by atoms with Crippen LogP contribution in [0.15, 0.2) is 54.6 Å². The van der Waals surface area contributed by atoms with E-state index >= 15 is 0 Å². The molecule has 0 bridgehead atoms. The Morgan fingerprint density at radius 3 is 2.52 bits per heavy atom. The average molecular weight is 398 g/mol. The molecule has 1 heterocycles. The molecule has 0 radical (unpaired) electrons. The summed E-state index contributed by atoms with van der Waals surface area (Å²) < 4.78 is 40.4. The third-order valence-corrected chi connectivity index (χ3v) is 4.79. The lowest BCUT2D eigenvalue weighted by Gasteiger charge is -2.21. The van der Waals surface area contributed by atoms with Gasteiger partial charge in [0, 0.05) is 24.7 Å². The van der Waals surface area contributed by atoms with Crippen LogP contribution in [-0.2, 0) is 11.3 Å². The standard InChI is InChI=1S/C19H19ClF3N3O/c20-14-7-4-8-15(9-14)24-25-18(27)16-11-26(12-17(16)19(21,22)23)10-13-5-2-1-3-6-13/h1-9,16-17,24H,10-12H2,(H,25,27)/t16-,17-/m0/s1. The van der Waals surface area contributed by atoms with E-state index in [9.17, 15) is 18.0 Å². The number of nitrogens with one attached hydrogen (secondary N) is 2. The molecule has 0 aliphatic carbocycles. The van der Waals surface area contributed by atoms with E-state index in [4.69, 9.17) is 11.6 Å². The Hall–Kier alpha value is -2.25. The molecule has 2 aromatic rings. The molecule has 1 aliphatic heterocycles. The maximum atomic E-state index is 13.5. The number of anilines is 1. The second-order valence-corrected chi connectivity index (χ2v) is 7.00. The largest absolute Gasteiger partial charge is 0.393 e. The van der Waals surface area contributed by atoms with Crippen molar-refractivity contribution in [3.8, 4) is 0 Å². The van der Waals surface area contributed by atoms with E-state index in [1.54, 1.807) is 29.2 Å². The molecule has 0 saturated carbocycles. The molecule has 144 valence electrons. The molecule has 0 spiro atoms. The number of benzene rings is 2. The van der Waals surface area contributed by atoms with Crippen LogP contribution in [-0.4, -0.2) is 30.1 Å². The minimum Gasteiger partial charge on any atom is -0.299 e. The van der Waals surface area contributed by atoms with E-state index in [-0.39, 0.29) is 13.1 Å². The maximum absolute atomic E-state index is 13.5. The van der Waals surface area contributed by atoms with E-state index in [1.165, 1.54) is 0 Å². The lowest BCUT2D eigenvalue weighted by molar-refractivity contribution is -0.183. The lowest BCUT2D eigenvalue weighted by Crippen LogP contribution is -2.42. The fourth-order valence-electron chi connectivity index (χ4n) is 3.25. The smallest absolute Gasteiger partial charge is 0.299 e. The highest BCUT2D eigenvalue weighted by molar-refractivity contribution is 6.30. The van der Waals surface area contributed by atoms with Gasteiger partial charge in [0.1, 0.15) is 0 Å². The molecule has 4 nitrogen and oxygen atoms in total. The summed E-state index contributed by atoms with van der Waals surface area (Å²) >= 11 is 5.86. The molecule has 2 N–H and O–H groups in total. The van der Waals surface area contributed by atoms with Crippen LogP contribution in [0.25, 0.3) is 0 Å². The first-order chi connectivity index (χ1) is 12.8. The van der Waals surface area contributed by atoms with E-state index < -0.39 is 23.9 Å². The molecule has 3 rings (SSSR count). The highest BCUT2D eigenvalue weighted by Gasteiger charge is 2.52. The van der Waals surface area contributed by atoms with Crippen LogP contribution in [0.5, 0.6) is 0 Å². The lowest BCUT2D eigenvalue weighted by atomic mass is 9.95. The van der Waals surface area contributed by atoms with Crippen LogP contribution < -0.4 is 10.9 Å². The predicted molar refractivity (Wildman–Crippen MR) is 98.0 cm³/mol. The van der Waals surface area contributed by atoms with Gasteiger partial charge in [-0.3, -0.25) is 20.5 Å². The van der Waals surface area contributed by atoms with Gasteiger partial charge in [-0.15, -0.1) is 0 Å². The monoisotopic (exact) mass is 397 g/mol. The van der Waals surface area contributed by atoms with Gasteiger partial charge >= 0.3 is 6.18 Å². The Morgan fingerprint density at radius 1 is 1.11 bits per heavy atom. The second kappa shape index (κ2) is 8.19. The van der Waals surface area contributed by atoms with Gasteiger partial charge in [-0.05, 0) is 23.8 Å². The number of alkyl halides is 3. The second-order valence-electron chi connectivity index (χ2n) is 6.56. The summed E-state index contributed by atoms with van der Waals surface area (Å²) in [4.78, 5) is 14.1. The fraction of sp³-hybridized carbons (Fsp3) is 0.316. The van der Waals surface area contributed by atoms with Crippen LogP contribution in [0.1, 0.15) is 5.56 Å². The van der Waals surface area contributed by atoms with Crippen molar-refractivity contribution >= 4 is 23.2 Å². The molecule has 2 aromatic carbocycles. The Morgan fingerprint density at radius 2 is 1.85 bits per heavy atom. The maximum Gasteiger partial charge on any atom is 0.393 e. The molecule has 1 aliphatic rings. The van der Waals surface area contributed by atoms with Gasteiger partial charge in [0.05, 0.1) is 17.5 Å². The number of likely N-dealkylation sites (tertiary alicyclic amines) is 1. The highest BCUT2D eigenvalue weighted by atomic mass is 35.5. The number of hydrazine groups is 1. The van der Waals surface area contributed by atoms with Gasteiger partial charge in [0.2, 0.25) is 5.91 Å². The summed E-state index contributed by atoms with van der Waals surface area (Å²) in [6.07, 6.45) is -4.44. The first-order valence-electron chi connectivity index (χ1n) is 8.47. The normalized spacial score (nSPS) is 20.4. The quantitative estimate of drug-likeness (QED) is 0.747. The minimum absolute atomic E-state index is 0.0438. The molecule has 8 heteroatoms. The summed E-state index contributed by atoms with van der Waals surface area (Å²) in [5.41, 5.74) is 6.42. The topological polar surface area (TPSA) is 44.4 Å². The molecule has 0 aromatic heterocycles. The molecule has 0 unspecified atom stereocenters. The van der Waals surface area contributed by atoms with Crippen molar-refractivity contribution in [1.29, 1.82) is 0 Å². The third kappa shape index (κ3) is 5.14.